The number of ketones is 1. The summed E-state index contributed by atoms with van der Waals surface area (Å²) in [6.07, 6.45) is 3.25. The van der Waals surface area contributed by atoms with E-state index in [1.54, 1.807) is 0 Å². The van der Waals surface area contributed by atoms with Crippen LogP contribution in [0.15, 0.2) is 0 Å². The van der Waals surface area contributed by atoms with Crippen LogP contribution < -0.4 is 0 Å². The van der Waals surface area contributed by atoms with E-state index in [1.165, 1.54) is 0 Å². The second kappa shape index (κ2) is 4.04. The fraction of sp³-hybridized carbons (Fsp3) is 0.900. The minimum Gasteiger partial charge on any atom is -0.392 e. The van der Waals surface area contributed by atoms with E-state index in [2.05, 4.69) is 0 Å². The summed E-state index contributed by atoms with van der Waals surface area (Å²) >= 11 is 0. The summed E-state index contributed by atoms with van der Waals surface area (Å²) in [6, 6.07) is 0. The van der Waals surface area contributed by atoms with Crippen molar-refractivity contribution in [2.24, 2.45) is 11.8 Å². The van der Waals surface area contributed by atoms with Crippen molar-refractivity contribution in [1.82, 2.24) is 0 Å². The molecule has 0 unspecified atom stereocenters. The fourth-order valence-corrected chi connectivity index (χ4v) is 1.84. The maximum absolute atomic E-state index is 11.4. The highest BCUT2D eigenvalue weighted by atomic mass is 16.3. The van der Waals surface area contributed by atoms with E-state index in [-0.39, 0.29) is 17.6 Å². The lowest BCUT2D eigenvalue weighted by Crippen LogP contribution is -2.34. The van der Waals surface area contributed by atoms with Crippen molar-refractivity contribution in [1.29, 1.82) is 0 Å². The number of aliphatic hydroxyl groups excluding tert-OH is 1. The van der Waals surface area contributed by atoms with Gasteiger partial charge < -0.3 is 5.11 Å². The largest absolute Gasteiger partial charge is 0.392 e. The van der Waals surface area contributed by atoms with Crippen molar-refractivity contribution in [3.05, 3.63) is 0 Å². The van der Waals surface area contributed by atoms with Crippen LogP contribution >= 0.6 is 0 Å². The molecule has 1 aliphatic carbocycles. The van der Waals surface area contributed by atoms with E-state index in [4.69, 9.17) is 0 Å². The summed E-state index contributed by atoms with van der Waals surface area (Å²) in [5.74, 6) is 0.401. The molecule has 0 saturated heterocycles. The monoisotopic (exact) mass is 170 g/mol. The van der Waals surface area contributed by atoms with Crippen molar-refractivity contribution in [3.63, 3.8) is 0 Å². The maximum Gasteiger partial charge on any atom is 0.138 e. The first-order valence-corrected chi connectivity index (χ1v) is 4.83. The molecular formula is C10H18O2. The third-order valence-electron chi connectivity index (χ3n) is 2.70. The molecule has 1 N–H and O–H groups in total. The Kier molecular flexibility index (Phi) is 3.27. The van der Waals surface area contributed by atoms with Gasteiger partial charge in [0.15, 0.2) is 0 Å². The standard InChI is InChI=1S/C10H18O2/c1-7(2)10(12)8-5-3-4-6-9(8)11/h7-8,10,12H,3-6H2,1-2H3/t8-,10+/m0/s1. The van der Waals surface area contributed by atoms with Gasteiger partial charge in [0, 0.05) is 12.3 Å². The van der Waals surface area contributed by atoms with Gasteiger partial charge in [-0.3, -0.25) is 4.79 Å². The zero-order valence-corrected chi connectivity index (χ0v) is 7.92. The maximum atomic E-state index is 11.4. The summed E-state index contributed by atoms with van der Waals surface area (Å²) < 4.78 is 0. The Morgan fingerprint density at radius 3 is 2.58 bits per heavy atom. The molecule has 1 fully saturated rings. The summed E-state index contributed by atoms with van der Waals surface area (Å²) in [5.41, 5.74) is 0. The molecule has 0 amide bonds. The number of rotatable bonds is 2. The first-order chi connectivity index (χ1) is 5.63. The van der Waals surface area contributed by atoms with Crippen LogP contribution in [0.2, 0.25) is 0 Å². The minimum atomic E-state index is -0.419. The molecule has 70 valence electrons. The molecule has 1 aliphatic rings. The molecule has 0 spiro atoms. The quantitative estimate of drug-likeness (QED) is 0.685. The Morgan fingerprint density at radius 2 is 2.08 bits per heavy atom. The first-order valence-electron chi connectivity index (χ1n) is 4.83. The molecule has 0 aromatic heterocycles. The highest BCUT2D eigenvalue weighted by Gasteiger charge is 2.30. The zero-order valence-electron chi connectivity index (χ0n) is 7.92. The van der Waals surface area contributed by atoms with E-state index in [1.807, 2.05) is 13.8 Å². The number of aliphatic hydroxyl groups is 1. The van der Waals surface area contributed by atoms with Crippen molar-refractivity contribution in [2.45, 2.75) is 45.6 Å². The van der Waals surface area contributed by atoms with Crippen molar-refractivity contribution in [3.8, 4) is 0 Å². The molecule has 1 rings (SSSR count). The molecule has 0 aromatic rings. The lowest BCUT2D eigenvalue weighted by Gasteiger charge is -2.27. The summed E-state index contributed by atoms with van der Waals surface area (Å²) in [4.78, 5) is 11.4. The minimum absolute atomic E-state index is 0.0706. The Labute approximate surface area is 74.0 Å². The van der Waals surface area contributed by atoms with E-state index < -0.39 is 6.10 Å². The molecule has 12 heavy (non-hydrogen) atoms. The number of carbonyl (C=O) groups is 1. The SMILES string of the molecule is CC(C)[C@@H](O)[C@H]1CCCCC1=O. The van der Waals surface area contributed by atoms with Gasteiger partial charge in [0.1, 0.15) is 5.78 Å². The topological polar surface area (TPSA) is 37.3 Å². The molecule has 2 nitrogen and oxygen atoms in total. The average Bonchev–Trinajstić information content (AvgIpc) is 2.04. The molecule has 0 aliphatic heterocycles. The first kappa shape index (κ1) is 9.72. The van der Waals surface area contributed by atoms with Gasteiger partial charge in [0.25, 0.3) is 0 Å². The highest BCUT2D eigenvalue weighted by Crippen LogP contribution is 2.26. The van der Waals surface area contributed by atoms with Gasteiger partial charge >= 0.3 is 0 Å². The summed E-state index contributed by atoms with van der Waals surface area (Å²) in [6.45, 7) is 3.93. The predicted molar refractivity (Wildman–Crippen MR) is 47.8 cm³/mol. The van der Waals surface area contributed by atoms with Gasteiger partial charge in [0.05, 0.1) is 6.10 Å². The van der Waals surface area contributed by atoms with E-state index >= 15 is 0 Å². The van der Waals surface area contributed by atoms with E-state index in [0.717, 1.165) is 19.3 Å². The number of hydrogen-bond acceptors (Lipinski definition) is 2. The molecule has 2 atom stereocenters. The lowest BCUT2D eigenvalue weighted by atomic mass is 9.80. The second-order valence-electron chi connectivity index (χ2n) is 4.05. The molecule has 0 aromatic carbocycles. The Balaban J connectivity index is 2.53. The Bertz CT molecular complexity index is 163. The van der Waals surface area contributed by atoms with Crippen LogP contribution in [0.3, 0.4) is 0 Å². The normalized spacial score (nSPS) is 27.7. The average molecular weight is 170 g/mol. The van der Waals surface area contributed by atoms with Crippen LogP contribution in [0.4, 0.5) is 0 Å². The summed E-state index contributed by atoms with van der Waals surface area (Å²) in [5, 5.41) is 9.70. The fourth-order valence-electron chi connectivity index (χ4n) is 1.84. The van der Waals surface area contributed by atoms with Crippen molar-refractivity contribution >= 4 is 5.78 Å². The van der Waals surface area contributed by atoms with Gasteiger partial charge in [0.2, 0.25) is 0 Å². The van der Waals surface area contributed by atoms with Gasteiger partial charge in [-0.05, 0) is 18.8 Å². The number of hydrogen-bond donors (Lipinski definition) is 1. The molecule has 0 radical (unpaired) electrons. The van der Waals surface area contributed by atoms with Gasteiger partial charge in [-0.1, -0.05) is 20.3 Å². The molecular weight excluding hydrogens is 152 g/mol. The van der Waals surface area contributed by atoms with Crippen molar-refractivity contribution in [2.75, 3.05) is 0 Å². The van der Waals surface area contributed by atoms with Crippen LogP contribution in [-0.2, 0) is 4.79 Å². The van der Waals surface area contributed by atoms with Crippen LogP contribution in [0.5, 0.6) is 0 Å². The van der Waals surface area contributed by atoms with Crippen LogP contribution in [0, 0.1) is 11.8 Å². The lowest BCUT2D eigenvalue weighted by molar-refractivity contribution is -0.129. The Morgan fingerprint density at radius 1 is 1.42 bits per heavy atom. The molecule has 0 bridgehead atoms. The third kappa shape index (κ3) is 2.07. The zero-order chi connectivity index (χ0) is 9.14. The third-order valence-corrected chi connectivity index (χ3v) is 2.70. The predicted octanol–water partition coefficient (Wildman–Crippen LogP) is 1.76. The van der Waals surface area contributed by atoms with E-state index in [0.29, 0.717) is 6.42 Å². The van der Waals surface area contributed by atoms with Crippen LogP contribution in [0.25, 0.3) is 0 Å². The van der Waals surface area contributed by atoms with Crippen LogP contribution in [-0.4, -0.2) is 17.0 Å². The summed E-state index contributed by atoms with van der Waals surface area (Å²) in [7, 11) is 0. The molecule has 0 heterocycles. The highest BCUT2D eigenvalue weighted by molar-refractivity contribution is 5.82. The van der Waals surface area contributed by atoms with E-state index in [9.17, 15) is 9.90 Å². The van der Waals surface area contributed by atoms with Gasteiger partial charge in [-0.25, -0.2) is 0 Å². The molecule has 1 saturated carbocycles. The van der Waals surface area contributed by atoms with Gasteiger partial charge in [-0.15, -0.1) is 0 Å². The van der Waals surface area contributed by atoms with Crippen LogP contribution in [0.1, 0.15) is 39.5 Å². The Hall–Kier alpha value is -0.370. The van der Waals surface area contributed by atoms with Crippen molar-refractivity contribution < 1.29 is 9.90 Å². The number of Topliss-reactive ketones (excluding diaryl/α,β-unsaturated/α-hetero) is 1. The second-order valence-corrected chi connectivity index (χ2v) is 4.05. The number of carbonyl (C=O) groups excluding carboxylic acids is 1. The smallest absolute Gasteiger partial charge is 0.138 e. The van der Waals surface area contributed by atoms with Gasteiger partial charge in [-0.2, -0.15) is 0 Å². The molecule has 2 heteroatoms.